The van der Waals surface area contributed by atoms with Crippen LogP contribution < -0.4 is 14.8 Å². The molecular formula is C22H28N2O5. The normalized spacial score (nSPS) is 15.6. The number of anilines is 1. The number of hydrogen-bond acceptors (Lipinski definition) is 6. The molecule has 2 aromatic carbocycles. The first-order valence-corrected chi connectivity index (χ1v) is 9.64. The van der Waals surface area contributed by atoms with Gasteiger partial charge < -0.3 is 29.2 Å². The predicted octanol–water partition coefficient (Wildman–Crippen LogP) is 3.32. The van der Waals surface area contributed by atoms with Crippen LogP contribution in [0.2, 0.25) is 0 Å². The molecule has 29 heavy (non-hydrogen) atoms. The quantitative estimate of drug-likeness (QED) is 0.617. The molecule has 0 saturated carbocycles. The monoisotopic (exact) mass is 400 g/mol. The number of para-hydroxylation sites is 1. The number of carbonyl (C=O) groups excluding carboxylic acids is 1. The van der Waals surface area contributed by atoms with Crippen LogP contribution in [0, 0.1) is 0 Å². The van der Waals surface area contributed by atoms with Gasteiger partial charge in [0.25, 0.3) is 5.91 Å². The van der Waals surface area contributed by atoms with E-state index in [9.17, 15) is 4.79 Å². The van der Waals surface area contributed by atoms with Crippen molar-refractivity contribution < 1.29 is 23.7 Å². The molecule has 0 radical (unpaired) electrons. The lowest BCUT2D eigenvalue weighted by Crippen LogP contribution is -2.43. The van der Waals surface area contributed by atoms with Crippen LogP contribution >= 0.6 is 0 Å². The molecule has 0 spiro atoms. The maximum Gasteiger partial charge on any atom is 0.257 e. The molecule has 2 aromatic rings. The van der Waals surface area contributed by atoms with Gasteiger partial charge in [0.15, 0.2) is 11.5 Å². The minimum absolute atomic E-state index is 0.000147. The number of hydrogen-bond donors (Lipinski definition) is 1. The molecule has 0 bridgehead atoms. The number of methoxy groups -OCH3 is 3. The van der Waals surface area contributed by atoms with Crippen LogP contribution in [0.3, 0.4) is 0 Å². The summed E-state index contributed by atoms with van der Waals surface area (Å²) in [6.07, 6.45) is 0.439. The van der Waals surface area contributed by atoms with E-state index in [2.05, 4.69) is 5.32 Å². The molecule has 1 aliphatic rings. The minimum atomic E-state index is -0.309. The molecule has 0 saturated heterocycles. The summed E-state index contributed by atoms with van der Waals surface area (Å²) >= 11 is 0. The topological polar surface area (TPSA) is 69.3 Å². The Labute approximate surface area is 171 Å². The van der Waals surface area contributed by atoms with Crippen LogP contribution in [0.25, 0.3) is 0 Å². The first-order chi connectivity index (χ1) is 14.2. The standard InChI is InChI=1S/C22H28N2O5/c1-26-12-6-11-24-21(23-18-8-5-4-7-17(18)22(24)25)16-9-10-19(20(15-16)28-3)29-14-13-27-2/h4-5,7-10,15,21,23H,6,11-14H2,1-3H3. The van der Waals surface area contributed by atoms with E-state index in [4.69, 9.17) is 18.9 Å². The van der Waals surface area contributed by atoms with Crippen molar-refractivity contribution in [3.63, 3.8) is 0 Å². The highest BCUT2D eigenvalue weighted by Gasteiger charge is 2.32. The van der Waals surface area contributed by atoms with E-state index >= 15 is 0 Å². The SMILES string of the molecule is COCCCN1C(=O)c2ccccc2NC1c1ccc(OCCOC)c(OC)c1. The number of fused-ring (bicyclic) bond motifs is 1. The van der Waals surface area contributed by atoms with Gasteiger partial charge in [0.05, 0.1) is 19.3 Å². The van der Waals surface area contributed by atoms with Crippen molar-refractivity contribution in [1.29, 1.82) is 0 Å². The van der Waals surface area contributed by atoms with E-state index in [1.165, 1.54) is 0 Å². The van der Waals surface area contributed by atoms with Crippen LogP contribution in [0.15, 0.2) is 42.5 Å². The number of nitrogens with zero attached hydrogens (tertiary/aromatic N) is 1. The summed E-state index contributed by atoms with van der Waals surface area (Å²) in [5.74, 6) is 1.25. The summed E-state index contributed by atoms with van der Waals surface area (Å²) in [6, 6.07) is 13.3. The van der Waals surface area contributed by atoms with E-state index in [0.29, 0.717) is 43.4 Å². The number of rotatable bonds is 10. The fourth-order valence-corrected chi connectivity index (χ4v) is 3.37. The van der Waals surface area contributed by atoms with Gasteiger partial charge in [-0.15, -0.1) is 0 Å². The Bertz CT molecular complexity index is 827. The maximum absolute atomic E-state index is 13.2. The summed E-state index contributed by atoms with van der Waals surface area (Å²) < 4.78 is 21.5. The average Bonchev–Trinajstić information content (AvgIpc) is 2.75. The van der Waals surface area contributed by atoms with Gasteiger partial charge in [-0.1, -0.05) is 18.2 Å². The first kappa shape index (κ1) is 21.0. The molecule has 7 nitrogen and oxygen atoms in total. The van der Waals surface area contributed by atoms with Crippen molar-refractivity contribution in [2.24, 2.45) is 0 Å². The van der Waals surface area contributed by atoms with E-state index in [0.717, 1.165) is 17.7 Å². The van der Waals surface area contributed by atoms with Crippen molar-refractivity contribution in [1.82, 2.24) is 4.90 Å². The van der Waals surface area contributed by atoms with Gasteiger partial charge in [0.2, 0.25) is 0 Å². The largest absolute Gasteiger partial charge is 0.493 e. The molecule has 7 heteroatoms. The van der Waals surface area contributed by atoms with Gasteiger partial charge in [-0.2, -0.15) is 0 Å². The van der Waals surface area contributed by atoms with Gasteiger partial charge in [0, 0.05) is 33.1 Å². The Hall–Kier alpha value is -2.77. The van der Waals surface area contributed by atoms with Crippen LogP contribution in [0.1, 0.15) is 28.5 Å². The second-order valence-corrected chi connectivity index (χ2v) is 6.69. The van der Waals surface area contributed by atoms with Crippen LogP contribution in [-0.2, 0) is 9.47 Å². The van der Waals surface area contributed by atoms with Crippen molar-refractivity contribution in [2.75, 3.05) is 53.0 Å². The molecule has 1 amide bonds. The number of benzene rings is 2. The van der Waals surface area contributed by atoms with Crippen molar-refractivity contribution in [3.8, 4) is 11.5 Å². The van der Waals surface area contributed by atoms with E-state index in [-0.39, 0.29) is 12.1 Å². The van der Waals surface area contributed by atoms with E-state index in [1.54, 1.807) is 21.3 Å². The zero-order valence-corrected chi connectivity index (χ0v) is 17.1. The number of nitrogens with one attached hydrogen (secondary N) is 1. The molecule has 156 valence electrons. The molecule has 0 fully saturated rings. The summed E-state index contributed by atoms with van der Waals surface area (Å²) in [4.78, 5) is 15.0. The molecule has 1 N–H and O–H groups in total. The van der Waals surface area contributed by atoms with Crippen LogP contribution in [0.4, 0.5) is 5.69 Å². The highest BCUT2D eigenvalue weighted by molar-refractivity contribution is 6.01. The second kappa shape index (κ2) is 10.1. The van der Waals surface area contributed by atoms with Gasteiger partial charge in [-0.3, -0.25) is 4.79 Å². The Kier molecular flexibility index (Phi) is 7.32. The highest BCUT2D eigenvalue weighted by atomic mass is 16.5. The van der Waals surface area contributed by atoms with Crippen molar-refractivity contribution in [2.45, 2.75) is 12.6 Å². The Morgan fingerprint density at radius 3 is 2.52 bits per heavy atom. The molecule has 1 unspecified atom stereocenters. The zero-order valence-electron chi connectivity index (χ0n) is 17.1. The second-order valence-electron chi connectivity index (χ2n) is 6.69. The molecule has 1 heterocycles. The third-order valence-electron chi connectivity index (χ3n) is 4.82. The average molecular weight is 400 g/mol. The smallest absolute Gasteiger partial charge is 0.257 e. The number of carbonyl (C=O) groups is 1. The maximum atomic E-state index is 13.2. The lowest BCUT2D eigenvalue weighted by Gasteiger charge is -2.38. The van der Waals surface area contributed by atoms with E-state index in [1.807, 2.05) is 47.4 Å². The van der Waals surface area contributed by atoms with Gasteiger partial charge in [-0.05, 0) is 36.2 Å². The van der Waals surface area contributed by atoms with Crippen molar-refractivity contribution >= 4 is 11.6 Å². The minimum Gasteiger partial charge on any atom is -0.493 e. The zero-order chi connectivity index (χ0) is 20.6. The molecule has 1 atom stereocenters. The summed E-state index contributed by atoms with van der Waals surface area (Å²) in [5.41, 5.74) is 2.42. The Balaban J connectivity index is 1.90. The highest BCUT2D eigenvalue weighted by Crippen LogP contribution is 2.37. The third kappa shape index (κ3) is 4.81. The molecule has 0 aromatic heterocycles. The van der Waals surface area contributed by atoms with Gasteiger partial charge in [0.1, 0.15) is 12.8 Å². The molecular weight excluding hydrogens is 372 g/mol. The molecule has 0 aliphatic carbocycles. The van der Waals surface area contributed by atoms with Crippen LogP contribution in [0.5, 0.6) is 11.5 Å². The number of amides is 1. The fourth-order valence-electron chi connectivity index (χ4n) is 3.37. The summed E-state index contributed by atoms with van der Waals surface area (Å²) in [6.45, 7) is 2.09. The molecule has 3 rings (SSSR count). The third-order valence-corrected chi connectivity index (χ3v) is 4.82. The first-order valence-electron chi connectivity index (χ1n) is 9.64. The van der Waals surface area contributed by atoms with Crippen LogP contribution in [-0.4, -0.2) is 58.5 Å². The Morgan fingerprint density at radius 2 is 1.76 bits per heavy atom. The predicted molar refractivity (Wildman–Crippen MR) is 111 cm³/mol. The van der Waals surface area contributed by atoms with E-state index < -0.39 is 0 Å². The lowest BCUT2D eigenvalue weighted by molar-refractivity contribution is 0.0660. The lowest BCUT2D eigenvalue weighted by atomic mass is 10.0. The summed E-state index contributed by atoms with van der Waals surface area (Å²) in [5, 5.41) is 3.49. The Morgan fingerprint density at radius 1 is 0.966 bits per heavy atom. The van der Waals surface area contributed by atoms with Gasteiger partial charge in [-0.25, -0.2) is 0 Å². The van der Waals surface area contributed by atoms with Gasteiger partial charge >= 0.3 is 0 Å². The number of ether oxygens (including phenoxy) is 4. The van der Waals surface area contributed by atoms with Crippen molar-refractivity contribution in [3.05, 3.63) is 53.6 Å². The fraction of sp³-hybridized carbons (Fsp3) is 0.409. The summed E-state index contributed by atoms with van der Waals surface area (Å²) in [7, 11) is 4.90. The molecule has 1 aliphatic heterocycles.